The molecule has 1 aromatic rings. The molecule has 0 bridgehead atoms. The number of nitro groups is 1. The number of rotatable bonds is 9. The number of carbonyl (C=O) groups is 2. The van der Waals surface area contributed by atoms with Crippen molar-refractivity contribution in [2.24, 2.45) is 0 Å². The van der Waals surface area contributed by atoms with Crippen molar-refractivity contribution in [3.63, 3.8) is 0 Å². The molecule has 0 aliphatic rings. The van der Waals surface area contributed by atoms with E-state index < -0.39 is 17.5 Å². The summed E-state index contributed by atoms with van der Waals surface area (Å²) < 4.78 is 5.10. The van der Waals surface area contributed by atoms with Crippen LogP contribution in [0.3, 0.4) is 0 Å². The number of hydrogen-bond donors (Lipinski definition) is 1. The predicted molar refractivity (Wildman–Crippen MR) is 99.3 cm³/mol. The quantitative estimate of drug-likeness (QED) is 0.409. The van der Waals surface area contributed by atoms with Crippen LogP contribution < -0.4 is 5.32 Å². The maximum atomic E-state index is 12.5. The Hall–Kier alpha value is -2.64. The van der Waals surface area contributed by atoms with E-state index in [0.717, 1.165) is 18.9 Å². The summed E-state index contributed by atoms with van der Waals surface area (Å²) in [6, 6.07) is 4.06. The third kappa shape index (κ3) is 5.18. The predicted octanol–water partition coefficient (Wildman–Crippen LogP) is 3.22. The highest BCUT2D eigenvalue weighted by atomic mass is 16.6. The molecule has 26 heavy (non-hydrogen) atoms. The summed E-state index contributed by atoms with van der Waals surface area (Å²) in [4.78, 5) is 36.9. The largest absolute Gasteiger partial charge is 0.452 e. The minimum Gasteiger partial charge on any atom is -0.452 e. The second kappa shape index (κ2) is 9.74. The average Bonchev–Trinajstić information content (AvgIpc) is 2.64. The van der Waals surface area contributed by atoms with E-state index in [1.54, 1.807) is 11.9 Å². The number of amides is 1. The third-order valence-corrected chi connectivity index (χ3v) is 4.45. The van der Waals surface area contributed by atoms with E-state index in [4.69, 9.17) is 4.74 Å². The molecule has 0 heterocycles. The normalized spacial score (nSPS) is 12.8. The summed E-state index contributed by atoms with van der Waals surface area (Å²) in [5.74, 6) is -1.04. The standard InChI is InChI=1S/C18H27N3O5/c1-6-12(3)20(13(4)7-2)17(22)11-26-18(23)14-8-9-15(19-5)16(10-14)21(24)25/h8-10,12-13,19H,6-7,11H2,1-5H3/t12-,13-/m1/s1. The Morgan fingerprint density at radius 3 is 2.27 bits per heavy atom. The molecule has 0 radical (unpaired) electrons. The van der Waals surface area contributed by atoms with E-state index in [-0.39, 0.29) is 29.2 Å². The van der Waals surface area contributed by atoms with Gasteiger partial charge < -0.3 is 15.0 Å². The number of esters is 1. The molecule has 0 saturated carbocycles. The summed E-state index contributed by atoms with van der Waals surface area (Å²) in [6.45, 7) is 7.48. The first-order chi connectivity index (χ1) is 12.3. The lowest BCUT2D eigenvalue weighted by Gasteiger charge is -2.33. The van der Waals surface area contributed by atoms with Crippen LogP contribution in [0.5, 0.6) is 0 Å². The molecular formula is C18H27N3O5. The molecule has 144 valence electrons. The molecule has 8 heteroatoms. The highest BCUT2D eigenvalue weighted by molar-refractivity contribution is 5.93. The van der Waals surface area contributed by atoms with Gasteiger partial charge in [-0.05, 0) is 38.8 Å². The number of nitrogens with one attached hydrogen (secondary N) is 1. The van der Waals surface area contributed by atoms with Crippen LogP contribution >= 0.6 is 0 Å². The molecule has 0 aliphatic heterocycles. The van der Waals surface area contributed by atoms with Crippen molar-refractivity contribution in [1.82, 2.24) is 4.90 Å². The molecular weight excluding hydrogens is 338 g/mol. The summed E-state index contributed by atoms with van der Waals surface area (Å²) in [5.41, 5.74) is 0.0959. The molecule has 1 rings (SSSR count). The first-order valence-corrected chi connectivity index (χ1v) is 8.71. The Kier molecular flexibility index (Phi) is 8.02. The van der Waals surface area contributed by atoms with Gasteiger partial charge in [0.15, 0.2) is 6.61 Å². The molecule has 1 N–H and O–H groups in total. The van der Waals surface area contributed by atoms with Crippen molar-refractivity contribution in [1.29, 1.82) is 0 Å². The lowest BCUT2D eigenvalue weighted by atomic mass is 10.1. The van der Waals surface area contributed by atoms with Gasteiger partial charge >= 0.3 is 5.97 Å². The van der Waals surface area contributed by atoms with Crippen molar-refractivity contribution in [3.8, 4) is 0 Å². The van der Waals surface area contributed by atoms with Crippen molar-refractivity contribution in [2.45, 2.75) is 52.6 Å². The Balaban J connectivity index is 2.86. The van der Waals surface area contributed by atoms with E-state index in [1.165, 1.54) is 12.1 Å². The van der Waals surface area contributed by atoms with Gasteiger partial charge in [-0.1, -0.05) is 13.8 Å². The van der Waals surface area contributed by atoms with Crippen LogP contribution in [0.25, 0.3) is 0 Å². The van der Waals surface area contributed by atoms with Gasteiger partial charge in [0.05, 0.1) is 10.5 Å². The van der Waals surface area contributed by atoms with E-state index in [9.17, 15) is 19.7 Å². The molecule has 0 fully saturated rings. The number of ether oxygens (including phenoxy) is 1. The second-order valence-electron chi connectivity index (χ2n) is 6.13. The SMILES string of the molecule is CC[C@@H](C)N(C(=O)COC(=O)c1ccc(NC)c([N+](=O)[O-])c1)[C@H](C)CC. The molecule has 1 aromatic carbocycles. The lowest BCUT2D eigenvalue weighted by molar-refractivity contribution is -0.384. The van der Waals surface area contributed by atoms with E-state index >= 15 is 0 Å². The molecule has 2 atom stereocenters. The molecule has 1 amide bonds. The van der Waals surface area contributed by atoms with Crippen LogP contribution in [0.4, 0.5) is 11.4 Å². The minimum absolute atomic E-state index is 0.0297. The Morgan fingerprint density at radius 2 is 1.81 bits per heavy atom. The first-order valence-electron chi connectivity index (χ1n) is 8.71. The lowest BCUT2D eigenvalue weighted by Crippen LogP contribution is -2.46. The first kappa shape index (κ1) is 21.4. The van der Waals surface area contributed by atoms with Gasteiger partial charge in [-0.2, -0.15) is 0 Å². The van der Waals surface area contributed by atoms with Crippen LogP contribution in [0.15, 0.2) is 18.2 Å². The Bertz CT molecular complexity index is 652. The van der Waals surface area contributed by atoms with Crippen LogP contribution in [0.2, 0.25) is 0 Å². The molecule has 0 spiro atoms. The zero-order valence-electron chi connectivity index (χ0n) is 15.9. The van der Waals surface area contributed by atoms with Gasteiger partial charge in [0.1, 0.15) is 5.69 Å². The molecule has 0 saturated heterocycles. The van der Waals surface area contributed by atoms with Crippen molar-refractivity contribution in [3.05, 3.63) is 33.9 Å². The topological polar surface area (TPSA) is 102 Å². The van der Waals surface area contributed by atoms with Crippen LogP contribution in [0.1, 0.15) is 50.9 Å². The summed E-state index contributed by atoms with van der Waals surface area (Å²) in [5, 5.41) is 13.8. The second-order valence-corrected chi connectivity index (χ2v) is 6.13. The number of nitrogens with zero attached hydrogens (tertiary/aromatic N) is 2. The van der Waals surface area contributed by atoms with Gasteiger partial charge in [-0.3, -0.25) is 14.9 Å². The highest BCUT2D eigenvalue weighted by Crippen LogP contribution is 2.25. The summed E-state index contributed by atoms with van der Waals surface area (Å²) in [7, 11) is 1.55. The monoisotopic (exact) mass is 365 g/mol. The van der Waals surface area contributed by atoms with Crippen LogP contribution in [-0.4, -0.2) is 47.4 Å². The fraction of sp³-hybridized carbons (Fsp3) is 0.556. The third-order valence-electron chi connectivity index (χ3n) is 4.45. The van der Waals surface area contributed by atoms with E-state index in [1.807, 2.05) is 27.7 Å². The smallest absolute Gasteiger partial charge is 0.338 e. The molecule has 8 nitrogen and oxygen atoms in total. The minimum atomic E-state index is -0.766. The Labute approximate surface area is 153 Å². The zero-order valence-corrected chi connectivity index (χ0v) is 15.9. The van der Waals surface area contributed by atoms with Crippen molar-refractivity contribution < 1.29 is 19.2 Å². The number of nitro benzene ring substituents is 1. The average molecular weight is 365 g/mol. The number of hydrogen-bond acceptors (Lipinski definition) is 6. The molecule has 0 unspecified atom stereocenters. The van der Waals surface area contributed by atoms with Crippen LogP contribution in [-0.2, 0) is 9.53 Å². The summed E-state index contributed by atoms with van der Waals surface area (Å²) >= 11 is 0. The number of carbonyl (C=O) groups excluding carboxylic acids is 2. The molecule has 0 aliphatic carbocycles. The van der Waals surface area contributed by atoms with Crippen molar-refractivity contribution in [2.75, 3.05) is 19.0 Å². The van der Waals surface area contributed by atoms with E-state index in [2.05, 4.69) is 5.32 Å². The van der Waals surface area contributed by atoms with E-state index in [0.29, 0.717) is 5.69 Å². The fourth-order valence-corrected chi connectivity index (χ4v) is 2.63. The van der Waals surface area contributed by atoms with Gasteiger partial charge in [0.2, 0.25) is 0 Å². The van der Waals surface area contributed by atoms with Crippen LogP contribution in [0, 0.1) is 10.1 Å². The molecule has 0 aromatic heterocycles. The maximum absolute atomic E-state index is 12.5. The number of benzene rings is 1. The zero-order chi connectivity index (χ0) is 19.9. The van der Waals surface area contributed by atoms with Gasteiger partial charge in [0.25, 0.3) is 11.6 Å². The van der Waals surface area contributed by atoms with Crippen molar-refractivity contribution >= 4 is 23.3 Å². The van der Waals surface area contributed by atoms with Gasteiger partial charge in [0, 0.05) is 25.2 Å². The fourth-order valence-electron chi connectivity index (χ4n) is 2.63. The number of anilines is 1. The van der Waals surface area contributed by atoms with Gasteiger partial charge in [-0.15, -0.1) is 0 Å². The highest BCUT2D eigenvalue weighted by Gasteiger charge is 2.25. The summed E-state index contributed by atoms with van der Waals surface area (Å²) in [6.07, 6.45) is 1.59. The van der Waals surface area contributed by atoms with Gasteiger partial charge in [-0.25, -0.2) is 4.79 Å². The maximum Gasteiger partial charge on any atom is 0.338 e. The Morgan fingerprint density at radius 1 is 1.23 bits per heavy atom.